The van der Waals surface area contributed by atoms with Gasteiger partial charge >= 0.3 is 5.97 Å². The minimum atomic E-state index is -0.390. The molecule has 1 heterocycles. The Labute approximate surface area is 86.2 Å². The predicted octanol–water partition coefficient (Wildman–Crippen LogP) is 1.29. The van der Waals surface area contributed by atoms with Crippen LogP contribution in [0.1, 0.15) is 16.1 Å². The first-order chi connectivity index (χ1) is 6.79. The molecule has 78 valence electrons. The Balaban J connectivity index is 2.58. The standard InChI is InChI=1S/C9H12O4S/c1-12-9(11)7-2-4-13-8(7)6-14-5-3-10/h2,4,10H,3,5-6H2,1H3. The van der Waals surface area contributed by atoms with Gasteiger partial charge in [0.2, 0.25) is 0 Å². The number of carbonyl (C=O) groups is 1. The fourth-order valence-corrected chi connectivity index (χ4v) is 1.66. The Morgan fingerprint density at radius 1 is 1.71 bits per heavy atom. The molecule has 0 saturated carbocycles. The molecule has 0 fully saturated rings. The Bertz CT molecular complexity index is 295. The molecule has 0 aliphatic carbocycles. The molecule has 0 unspecified atom stereocenters. The number of esters is 1. The van der Waals surface area contributed by atoms with Crippen LogP contribution in [0.5, 0.6) is 0 Å². The highest BCUT2D eigenvalue weighted by atomic mass is 32.2. The molecule has 5 heteroatoms. The van der Waals surface area contributed by atoms with Crippen molar-refractivity contribution < 1.29 is 19.1 Å². The number of ether oxygens (including phenoxy) is 1. The first-order valence-electron chi connectivity index (χ1n) is 4.13. The number of furan rings is 1. The van der Waals surface area contributed by atoms with Crippen molar-refractivity contribution >= 4 is 17.7 Å². The molecular formula is C9H12O4S. The lowest BCUT2D eigenvalue weighted by Gasteiger charge is -1.99. The van der Waals surface area contributed by atoms with Crippen molar-refractivity contribution in [3.63, 3.8) is 0 Å². The van der Waals surface area contributed by atoms with Gasteiger partial charge in [0.25, 0.3) is 0 Å². The molecule has 14 heavy (non-hydrogen) atoms. The molecule has 1 N–H and O–H groups in total. The van der Waals surface area contributed by atoms with Gasteiger partial charge in [-0.3, -0.25) is 0 Å². The largest absolute Gasteiger partial charge is 0.468 e. The number of hydrogen-bond donors (Lipinski definition) is 1. The van der Waals surface area contributed by atoms with Gasteiger partial charge in [-0.2, -0.15) is 11.8 Å². The average Bonchev–Trinajstić information content (AvgIpc) is 2.65. The summed E-state index contributed by atoms with van der Waals surface area (Å²) in [4.78, 5) is 11.2. The second-order valence-corrected chi connectivity index (χ2v) is 3.63. The third kappa shape index (κ3) is 2.78. The fourth-order valence-electron chi connectivity index (χ4n) is 0.974. The Morgan fingerprint density at radius 2 is 2.50 bits per heavy atom. The zero-order chi connectivity index (χ0) is 10.4. The topological polar surface area (TPSA) is 59.7 Å². The number of aliphatic hydroxyl groups excluding tert-OH is 1. The Hall–Kier alpha value is -0.940. The molecule has 0 aliphatic heterocycles. The summed E-state index contributed by atoms with van der Waals surface area (Å²) in [5, 5.41) is 8.58. The van der Waals surface area contributed by atoms with Crippen LogP contribution in [-0.4, -0.2) is 30.5 Å². The van der Waals surface area contributed by atoms with Crippen LogP contribution in [0.15, 0.2) is 16.7 Å². The summed E-state index contributed by atoms with van der Waals surface area (Å²) in [5.41, 5.74) is 0.456. The van der Waals surface area contributed by atoms with Gasteiger partial charge in [0.05, 0.1) is 25.7 Å². The number of thioether (sulfide) groups is 1. The Morgan fingerprint density at radius 3 is 3.14 bits per heavy atom. The van der Waals surface area contributed by atoms with Gasteiger partial charge in [-0.1, -0.05) is 0 Å². The summed E-state index contributed by atoms with van der Waals surface area (Å²) in [6, 6.07) is 1.58. The van der Waals surface area contributed by atoms with Crippen molar-refractivity contribution in [2.24, 2.45) is 0 Å². The minimum absolute atomic E-state index is 0.124. The monoisotopic (exact) mass is 216 g/mol. The van der Waals surface area contributed by atoms with Crippen molar-refractivity contribution in [1.29, 1.82) is 0 Å². The molecule has 0 atom stereocenters. The summed E-state index contributed by atoms with van der Waals surface area (Å²) < 4.78 is 9.71. The van der Waals surface area contributed by atoms with E-state index in [4.69, 9.17) is 9.52 Å². The average molecular weight is 216 g/mol. The number of hydrogen-bond acceptors (Lipinski definition) is 5. The van der Waals surface area contributed by atoms with Gasteiger partial charge < -0.3 is 14.3 Å². The third-order valence-electron chi connectivity index (χ3n) is 1.62. The molecule has 0 spiro atoms. The van der Waals surface area contributed by atoms with Gasteiger partial charge in [-0.15, -0.1) is 0 Å². The normalized spacial score (nSPS) is 10.1. The maximum absolute atomic E-state index is 11.2. The van der Waals surface area contributed by atoms with Gasteiger partial charge in [-0.05, 0) is 6.07 Å². The number of carbonyl (C=O) groups excluding carboxylic acids is 1. The van der Waals surface area contributed by atoms with Gasteiger partial charge in [0.1, 0.15) is 11.3 Å². The molecule has 1 aromatic rings. The Kier molecular flexibility index (Phi) is 4.55. The number of aliphatic hydroxyl groups is 1. The van der Waals surface area contributed by atoms with E-state index in [9.17, 15) is 4.79 Å². The van der Waals surface area contributed by atoms with E-state index in [1.807, 2.05) is 0 Å². The summed E-state index contributed by atoms with van der Waals surface area (Å²) in [6.45, 7) is 0.124. The van der Waals surface area contributed by atoms with Crippen molar-refractivity contribution in [1.82, 2.24) is 0 Å². The van der Waals surface area contributed by atoms with Crippen LogP contribution in [0.2, 0.25) is 0 Å². The van der Waals surface area contributed by atoms with Crippen LogP contribution in [0.25, 0.3) is 0 Å². The van der Waals surface area contributed by atoms with E-state index in [1.165, 1.54) is 25.1 Å². The van der Waals surface area contributed by atoms with Crippen LogP contribution in [-0.2, 0) is 10.5 Å². The number of methoxy groups -OCH3 is 1. The van der Waals surface area contributed by atoms with Crippen LogP contribution < -0.4 is 0 Å². The summed E-state index contributed by atoms with van der Waals surface area (Å²) in [7, 11) is 1.33. The van der Waals surface area contributed by atoms with E-state index in [1.54, 1.807) is 6.07 Å². The van der Waals surface area contributed by atoms with E-state index in [0.29, 0.717) is 22.8 Å². The second-order valence-electron chi connectivity index (χ2n) is 2.53. The zero-order valence-corrected chi connectivity index (χ0v) is 8.67. The summed E-state index contributed by atoms with van der Waals surface area (Å²) >= 11 is 1.50. The zero-order valence-electron chi connectivity index (χ0n) is 7.86. The molecule has 0 aliphatic rings. The fraction of sp³-hybridized carbons (Fsp3) is 0.444. The van der Waals surface area contributed by atoms with Crippen molar-refractivity contribution in [2.75, 3.05) is 19.5 Å². The van der Waals surface area contributed by atoms with E-state index in [0.717, 1.165) is 0 Å². The van der Waals surface area contributed by atoms with Crippen LogP contribution >= 0.6 is 11.8 Å². The van der Waals surface area contributed by atoms with Crippen LogP contribution in [0.4, 0.5) is 0 Å². The van der Waals surface area contributed by atoms with Gasteiger partial charge in [-0.25, -0.2) is 4.79 Å². The van der Waals surface area contributed by atoms with E-state index in [-0.39, 0.29) is 6.61 Å². The highest BCUT2D eigenvalue weighted by Gasteiger charge is 2.14. The molecule has 0 saturated heterocycles. The molecule has 0 radical (unpaired) electrons. The predicted molar refractivity (Wildman–Crippen MR) is 53.3 cm³/mol. The summed E-state index contributed by atoms with van der Waals surface area (Å²) in [6.07, 6.45) is 1.46. The summed E-state index contributed by atoms with van der Waals surface area (Å²) in [5.74, 6) is 1.40. The number of rotatable bonds is 5. The molecular weight excluding hydrogens is 204 g/mol. The molecule has 1 aromatic heterocycles. The maximum atomic E-state index is 11.2. The molecule has 0 aromatic carbocycles. The van der Waals surface area contributed by atoms with Gasteiger partial charge in [0.15, 0.2) is 0 Å². The lowest BCUT2D eigenvalue weighted by molar-refractivity contribution is 0.0598. The van der Waals surface area contributed by atoms with Crippen molar-refractivity contribution in [3.05, 3.63) is 23.7 Å². The smallest absolute Gasteiger partial charge is 0.341 e. The van der Waals surface area contributed by atoms with Crippen molar-refractivity contribution in [2.45, 2.75) is 5.75 Å². The third-order valence-corrected chi connectivity index (χ3v) is 2.56. The minimum Gasteiger partial charge on any atom is -0.468 e. The highest BCUT2D eigenvalue weighted by Crippen LogP contribution is 2.18. The lowest BCUT2D eigenvalue weighted by atomic mass is 10.3. The molecule has 4 nitrogen and oxygen atoms in total. The lowest BCUT2D eigenvalue weighted by Crippen LogP contribution is -2.02. The van der Waals surface area contributed by atoms with E-state index < -0.39 is 5.97 Å². The SMILES string of the molecule is COC(=O)c1ccoc1CSCCO. The molecule has 0 amide bonds. The molecule has 0 bridgehead atoms. The first kappa shape index (κ1) is 11.1. The quantitative estimate of drug-likeness (QED) is 0.593. The first-order valence-corrected chi connectivity index (χ1v) is 5.28. The van der Waals surface area contributed by atoms with E-state index in [2.05, 4.69) is 4.74 Å². The van der Waals surface area contributed by atoms with Crippen molar-refractivity contribution in [3.8, 4) is 0 Å². The maximum Gasteiger partial charge on any atom is 0.341 e. The van der Waals surface area contributed by atoms with Crippen LogP contribution in [0.3, 0.4) is 0 Å². The van der Waals surface area contributed by atoms with Gasteiger partial charge in [0, 0.05) is 5.75 Å². The van der Waals surface area contributed by atoms with E-state index >= 15 is 0 Å². The second kappa shape index (κ2) is 5.72. The van der Waals surface area contributed by atoms with Crippen LogP contribution in [0, 0.1) is 0 Å². The molecule has 1 rings (SSSR count). The highest BCUT2D eigenvalue weighted by molar-refractivity contribution is 7.98.